The number of likely N-dealkylation sites (tertiary alicyclic amines) is 1. The summed E-state index contributed by atoms with van der Waals surface area (Å²) >= 11 is 6.36. The maximum absolute atomic E-state index is 14.2. The van der Waals surface area contributed by atoms with Crippen LogP contribution in [-0.2, 0) is 19.2 Å². The number of hydrogen-bond donors (Lipinski definition) is 1. The zero-order valence-corrected chi connectivity index (χ0v) is 21.3. The molecule has 3 fully saturated rings. The van der Waals surface area contributed by atoms with Crippen molar-refractivity contribution in [1.82, 2.24) is 4.90 Å². The van der Waals surface area contributed by atoms with Crippen molar-refractivity contribution in [1.29, 1.82) is 0 Å². The molecule has 2 heterocycles. The summed E-state index contributed by atoms with van der Waals surface area (Å²) in [6.07, 6.45) is 2.62. The molecule has 0 radical (unpaired) electrons. The molecule has 6 unspecified atom stereocenters. The topological polar surface area (TPSA) is 95.0 Å². The van der Waals surface area contributed by atoms with Crippen LogP contribution in [0.2, 0.25) is 5.02 Å². The normalized spacial score (nSPS) is 32.8. The number of imide groups is 2. The standard InChI is InChI=1S/C29H27ClN2O5/c1-3-31-25(34)18-11-10-17-19(23(18)27(31)36)14-21-26(35)32(16-7-5-4-6-8-16)28(37)29(21,2)24(17)20-13-15(30)9-12-22(20)33/h4-10,12-13,18-19,21,23-24,33H,3,11,14H2,1-2H3. The highest BCUT2D eigenvalue weighted by molar-refractivity contribution is 6.30. The third-order valence-corrected chi connectivity index (χ3v) is 9.23. The van der Waals surface area contributed by atoms with Gasteiger partial charge >= 0.3 is 0 Å². The largest absolute Gasteiger partial charge is 0.508 e. The number of halogens is 1. The van der Waals surface area contributed by atoms with E-state index in [2.05, 4.69) is 0 Å². The van der Waals surface area contributed by atoms with Crippen LogP contribution in [0.3, 0.4) is 0 Å². The first-order valence-electron chi connectivity index (χ1n) is 12.7. The minimum absolute atomic E-state index is 0.0273. The van der Waals surface area contributed by atoms with Gasteiger partial charge in [-0.1, -0.05) is 41.4 Å². The van der Waals surface area contributed by atoms with E-state index in [9.17, 15) is 24.3 Å². The fraction of sp³-hybridized carbons (Fsp3) is 0.379. The van der Waals surface area contributed by atoms with Crippen molar-refractivity contribution in [2.24, 2.45) is 29.1 Å². The Bertz CT molecular complexity index is 1390. The Morgan fingerprint density at radius 3 is 2.43 bits per heavy atom. The van der Waals surface area contributed by atoms with Crippen LogP contribution in [0, 0.1) is 29.1 Å². The van der Waals surface area contributed by atoms with E-state index in [0.29, 0.717) is 29.2 Å². The van der Waals surface area contributed by atoms with Gasteiger partial charge in [0.25, 0.3) is 0 Å². The molecule has 0 spiro atoms. The molecule has 1 saturated carbocycles. The van der Waals surface area contributed by atoms with Gasteiger partial charge in [0, 0.05) is 23.0 Å². The van der Waals surface area contributed by atoms with Gasteiger partial charge in [-0.25, -0.2) is 4.90 Å². The number of benzene rings is 2. The second-order valence-electron chi connectivity index (χ2n) is 10.6. The first-order chi connectivity index (χ1) is 17.7. The molecule has 2 aromatic rings. The van der Waals surface area contributed by atoms with Gasteiger partial charge in [-0.15, -0.1) is 0 Å². The molecule has 6 atom stereocenters. The lowest BCUT2D eigenvalue weighted by Crippen LogP contribution is -2.48. The Labute approximate surface area is 219 Å². The number of amides is 4. The van der Waals surface area contributed by atoms with Gasteiger partial charge in [-0.2, -0.15) is 0 Å². The summed E-state index contributed by atoms with van der Waals surface area (Å²) in [6.45, 7) is 3.86. The molecular formula is C29H27ClN2O5. The number of phenolic OH excluding ortho intramolecular Hbond substituents is 1. The van der Waals surface area contributed by atoms with E-state index in [0.717, 1.165) is 5.57 Å². The van der Waals surface area contributed by atoms with Crippen LogP contribution < -0.4 is 4.90 Å². The summed E-state index contributed by atoms with van der Waals surface area (Å²) in [7, 11) is 0. The predicted molar refractivity (Wildman–Crippen MR) is 137 cm³/mol. The third-order valence-electron chi connectivity index (χ3n) is 9.00. The second-order valence-corrected chi connectivity index (χ2v) is 11.1. The fourth-order valence-electron chi connectivity index (χ4n) is 7.32. The lowest BCUT2D eigenvalue weighted by atomic mass is 9.51. The zero-order valence-electron chi connectivity index (χ0n) is 20.6. The van der Waals surface area contributed by atoms with Crippen molar-refractivity contribution in [3.63, 3.8) is 0 Å². The van der Waals surface area contributed by atoms with Gasteiger partial charge in [-0.05, 0) is 62.9 Å². The van der Waals surface area contributed by atoms with Gasteiger partial charge in [0.15, 0.2) is 0 Å². The van der Waals surface area contributed by atoms with Crippen molar-refractivity contribution in [2.75, 3.05) is 11.4 Å². The number of phenols is 1. The molecule has 6 rings (SSSR count). The maximum Gasteiger partial charge on any atom is 0.241 e. The highest BCUT2D eigenvalue weighted by Gasteiger charge is 2.67. The number of carbonyl (C=O) groups excluding carboxylic acids is 4. The molecule has 2 aliphatic heterocycles. The van der Waals surface area contributed by atoms with Gasteiger partial charge < -0.3 is 5.11 Å². The molecular weight excluding hydrogens is 492 g/mol. The monoisotopic (exact) mass is 518 g/mol. The lowest BCUT2D eigenvalue weighted by Gasteiger charge is -2.49. The predicted octanol–water partition coefficient (Wildman–Crippen LogP) is 4.30. The molecule has 37 heavy (non-hydrogen) atoms. The van der Waals surface area contributed by atoms with E-state index in [1.165, 1.54) is 15.9 Å². The molecule has 7 nitrogen and oxygen atoms in total. The van der Waals surface area contributed by atoms with Crippen molar-refractivity contribution >= 4 is 40.9 Å². The van der Waals surface area contributed by atoms with Gasteiger partial charge in [0.05, 0.1) is 28.9 Å². The maximum atomic E-state index is 14.2. The number of fused-ring (bicyclic) bond motifs is 4. The van der Waals surface area contributed by atoms with Gasteiger partial charge in [0.2, 0.25) is 23.6 Å². The van der Waals surface area contributed by atoms with Crippen LogP contribution in [0.4, 0.5) is 5.69 Å². The Morgan fingerprint density at radius 1 is 1.00 bits per heavy atom. The van der Waals surface area contributed by atoms with E-state index >= 15 is 0 Å². The van der Waals surface area contributed by atoms with Gasteiger partial charge in [0.1, 0.15) is 5.75 Å². The Morgan fingerprint density at radius 2 is 1.73 bits per heavy atom. The number of carbonyl (C=O) groups is 4. The quantitative estimate of drug-likeness (QED) is 0.483. The average Bonchev–Trinajstić information content (AvgIpc) is 3.25. The van der Waals surface area contributed by atoms with Crippen molar-refractivity contribution in [2.45, 2.75) is 32.6 Å². The molecule has 2 aromatic carbocycles. The zero-order chi connectivity index (χ0) is 26.2. The number of anilines is 1. The lowest BCUT2D eigenvalue weighted by molar-refractivity contribution is -0.140. The van der Waals surface area contributed by atoms with Crippen LogP contribution >= 0.6 is 11.6 Å². The number of rotatable bonds is 3. The van der Waals surface area contributed by atoms with Crippen LogP contribution in [0.5, 0.6) is 5.75 Å². The average molecular weight is 519 g/mol. The Hall–Kier alpha value is -3.45. The van der Waals surface area contributed by atoms with Crippen LogP contribution in [0.15, 0.2) is 60.2 Å². The highest BCUT2D eigenvalue weighted by atomic mass is 35.5. The van der Waals surface area contributed by atoms with Crippen molar-refractivity contribution in [3.8, 4) is 5.75 Å². The van der Waals surface area contributed by atoms with E-state index in [4.69, 9.17) is 11.6 Å². The minimum Gasteiger partial charge on any atom is -0.508 e. The van der Waals surface area contributed by atoms with E-state index in [1.54, 1.807) is 50.2 Å². The minimum atomic E-state index is -1.21. The van der Waals surface area contributed by atoms with Crippen LogP contribution in [-0.4, -0.2) is 40.2 Å². The molecule has 4 aliphatic rings. The number of allylic oxidation sites excluding steroid dienone is 2. The fourth-order valence-corrected chi connectivity index (χ4v) is 7.50. The highest BCUT2D eigenvalue weighted by Crippen LogP contribution is 2.64. The molecule has 1 N–H and O–H groups in total. The summed E-state index contributed by atoms with van der Waals surface area (Å²) in [5.74, 6) is -3.97. The number of nitrogens with zero attached hydrogens (tertiary/aromatic N) is 2. The summed E-state index contributed by atoms with van der Waals surface area (Å²) in [5, 5.41) is 11.4. The third kappa shape index (κ3) is 3.13. The first kappa shape index (κ1) is 23.9. The molecule has 0 aromatic heterocycles. The van der Waals surface area contributed by atoms with Crippen LogP contribution in [0.1, 0.15) is 38.2 Å². The van der Waals surface area contributed by atoms with Crippen molar-refractivity contribution < 1.29 is 24.3 Å². The molecule has 0 bridgehead atoms. The second kappa shape index (κ2) is 8.28. The number of hydrogen-bond acceptors (Lipinski definition) is 5. The van der Waals surface area contributed by atoms with Crippen LogP contribution in [0.25, 0.3) is 0 Å². The molecule has 8 heteroatoms. The first-order valence-corrected chi connectivity index (χ1v) is 13.0. The van der Waals surface area contributed by atoms with E-state index in [-0.39, 0.29) is 35.8 Å². The van der Waals surface area contributed by atoms with E-state index < -0.39 is 35.0 Å². The number of aromatic hydroxyl groups is 1. The smallest absolute Gasteiger partial charge is 0.241 e. The van der Waals surface area contributed by atoms with Crippen molar-refractivity contribution in [3.05, 3.63) is 70.8 Å². The molecule has 2 saturated heterocycles. The molecule has 4 amide bonds. The summed E-state index contributed by atoms with van der Waals surface area (Å²) in [5.41, 5.74) is 0.559. The Kier molecular flexibility index (Phi) is 5.35. The SMILES string of the molecule is CCN1C(=O)C2CC=C3C(CC4C(=O)N(c5ccccc5)C(=O)C4(C)C3c3cc(Cl)ccc3O)C2C1=O. The molecule has 2 aliphatic carbocycles. The van der Waals surface area contributed by atoms with E-state index in [1.807, 2.05) is 12.1 Å². The van der Waals surface area contributed by atoms with Gasteiger partial charge in [-0.3, -0.25) is 24.1 Å². The number of para-hydroxylation sites is 1. The summed E-state index contributed by atoms with van der Waals surface area (Å²) < 4.78 is 0. The Balaban J connectivity index is 1.55. The summed E-state index contributed by atoms with van der Waals surface area (Å²) in [6, 6.07) is 13.5. The molecule has 190 valence electrons. The summed E-state index contributed by atoms with van der Waals surface area (Å²) in [4.78, 5) is 57.2.